The summed E-state index contributed by atoms with van der Waals surface area (Å²) < 4.78 is 0. The molecule has 0 fully saturated rings. The molecule has 0 aliphatic heterocycles. The third-order valence-electron chi connectivity index (χ3n) is 3.83. The van der Waals surface area contributed by atoms with Crippen molar-refractivity contribution in [3.05, 3.63) is 0 Å². The molecule has 0 radical (unpaired) electrons. The zero-order chi connectivity index (χ0) is 21.9. The van der Waals surface area contributed by atoms with E-state index in [0.717, 1.165) is 0 Å². The molecule has 0 aromatic heterocycles. The highest BCUT2D eigenvalue weighted by molar-refractivity contribution is 7.98. The fourth-order valence-corrected chi connectivity index (χ4v) is 2.83. The van der Waals surface area contributed by atoms with E-state index < -0.39 is 54.5 Å². The summed E-state index contributed by atoms with van der Waals surface area (Å²) in [4.78, 5) is 47.9. The van der Waals surface area contributed by atoms with Gasteiger partial charge in [-0.25, -0.2) is 4.79 Å². The first-order valence-electron chi connectivity index (χ1n) is 8.69. The van der Waals surface area contributed by atoms with Gasteiger partial charge in [0.05, 0.1) is 12.6 Å². The van der Waals surface area contributed by atoms with Crippen molar-refractivity contribution in [1.82, 2.24) is 16.0 Å². The first kappa shape index (κ1) is 26.5. The number of nitrogens with two attached hydrogens (primary N) is 1. The number of thiol groups is 1. The van der Waals surface area contributed by atoms with Crippen LogP contribution in [0.3, 0.4) is 0 Å². The molecule has 28 heavy (non-hydrogen) atoms. The van der Waals surface area contributed by atoms with Crippen LogP contribution >= 0.6 is 24.4 Å². The number of nitrogens with one attached hydrogen (secondary N) is 3. The second-order valence-electron chi connectivity index (χ2n) is 6.44. The molecule has 4 atom stereocenters. The Morgan fingerprint density at radius 2 is 1.61 bits per heavy atom. The minimum absolute atomic E-state index is 0.110. The number of hydrogen-bond donors (Lipinski definition) is 7. The number of aliphatic hydroxyl groups is 1. The van der Waals surface area contributed by atoms with Crippen molar-refractivity contribution in [2.75, 3.05) is 24.4 Å². The summed E-state index contributed by atoms with van der Waals surface area (Å²) in [5.74, 6) is -3.01. The van der Waals surface area contributed by atoms with Crippen molar-refractivity contribution in [1.29, 1.82) is 0 Å². The number of thioether (sulfide) groups is 1. The third kappa shape index (κ3) is 9.13. The van der Waals surface area contributed by atoms with Gasteiger partial charge in [0.15, 0.2) is 0 Å². The number of rotatable bonds is 13. The van der Waals surface area contributed by atoms with Crippen LogP contribution in [0, 0.1) is 5.92 Å². The number of hydrogen-bond acceptors (Lipinski definition) is 8. The quantitative estimate of drug-likeness (QED) is 0.165. The topological polar surface area (TPSA) is 171 Å². The number of carboxylic acid groups (broad SMARTS) is 1. The Morgan fingerprint density at radius 1 is 1.04 bits per heavy atom. The van der Waals surface area contributed by atoms with Crippen molar-refractivity contribution >= 4 is 48.1 Å². The molecule has 0 saturated carbocycles. The van der Waals surface area contributed by atoms with Gasteiger partial charge in [-0.15, -0.1) is 0 Å². The monoisotopic (exact) mass is 438 g/mol. The number of aliphatic hydroxyl groups excluding tert-OH is 1. The maximum absolute atomic E-state index is 12.6. The van der Waals surface area contributed by atoms with Crippen LogP contribution in [0.5, 0.6) is 0 Å². The van der Waals surface area contributed by atoms with Crippen molar-refractivity contribution in [3.8, 4) is 0 Å². The van der Waals surface area contributed by atoms with E-state index in [1.807, 2.05) is 6.26 Å². The normalized spacial score (nSPS) is 15.2. The van der Waals surface area contributed by atoms with Gasteiger partial charge >= 0.3 is 5.97 Å². The predicted molar refractivity (Wildman–Crippen MR) is 110 cm³/mol. The van der Waals surface area contributed by atoms with E-state index in [0.29, 0.717) is 12.2 Å². The Hall–Kier alpha value is -1.50. The largest absolute Gasteiger partial charge is 0.480 e. The first-order chi connectivity index (χ1) is 13.1. The standard InChI is InChI=1S/C16H30N4O6S2/c1-8(2)12(20-13(22)9(17)4-5-28-3)15(24)19-11(7-27)14(23)18-10(6-21)16(25)26/h8-12,21,27H,4-7,17H2,1-3H3,(H,18,23)(H,19,24)(H,20,22)(H,25,26). The van der Waals surface area contributed by atoms with Crippen molar-refractivity contribution in [3.63, 3.8) is 0 Å². The minimum Gasteiger partial charge on any atom is -0.480 e. The predicted octanol–water partition coefficient (Wildman–Crippen LogP) is -1.82. The number of carboxylic acids is 1. The molecule has 7 N–H and O–H groups in total. The molecule has 0 heterocycles. The molecule has 162 valence electrons. The van der Waals surface area contributed by atoms with Gasteiger partial charge in [0, 0.05) is 5.75 Å². The first-order valence-corrected chi connectivity index (χ1v) is 10.7. The summed E-state index contributed by atoms with van der Waals surface area (Å²) >= 11 is 5.55. The van der Waals surface area contributed by atoms with Gasteiger partial charge in [0.2, 0.25) is 17.7 Å². The molecule has 0 aliphatic carbocycles. The molecule has 0 aliphatic rings. The zero-order valence-corrected chi connectivity index (χ0v) is 17.9. The molecule has 0 rings (SSSR count). The Morgan fingerprint density at radius 3 is 2.04 bits per heavy atom. The highest BCUT2D eigenvalue weighted by Crippen LogP contribution is 2.05. The van der Waals surface area contributed by atoms with Crippen LogP contribution in [0.2, 0.25) is 0 Å². The Bertz CT molecular complexity index is 549. The summed E-state index contributed by atoms with van der Waals surface area (Å²) in [6.07, 6.45) is 2.35. The van der Waals surface area contributed by atoms with Gasteiger partial charge in [-0.2, -0.15) is 24.4 Å². The molecule has 0 aromatic carbocycles. The molecular weight excluding hydrogens is 408 g/mol. The summed E-state index contributed by atoms with van der Waals surface area (Å²) in [5, 5.41) is 25.0. The highest BCUT2D eigenvalue weighted by Gasteiger charge is 2.30. The van der Waals surface area contributed by atoms with E-state index in [1.165, 1.54) is 0 Å². The molecule has 0 aromatic rings. The van der Waals surface area contributed by atoms with Gasteiger partial charge in [0.25, 0.3) is 0 Å². The van der Waals surface area contributed by atoms with Crippen LogP contribution in [0.25, 0.3) is 0 Å². The third-order valence-corrected chi connectivity index (χ3v) is 4.84. The van der Waals surface area contributed by atoms with Gasteiger partial charge in [-0.3, -0.25) is 14.4 Å². The summed E-state index contributed by atoms with van der Waals surface area (Å²) in [5.41, 5.74) is 5.81. The maximum atomic E-state index is 12.6. The van der Waals surface area contributed by atoms with Crippen LogP contribution in [0.1, 0.15) is 20.3 Å². The van der Waals surface area contributed by atoms with Crippen molar-refractivity contribution in [2.45, 2.75) is 44.4 Å². The smallest absolute Gasteiger partial charge is 0.328 e. The van der Waals surface area contributed by atoms with Crippen molar-refractivity contribution in [2.24, 2.45) is 11.7 Å². The summed E-state index contributed by atoms with van der Waals surface area (Å²) in [6, 6.07) is -4.34. The van der Waals surface area contributed by atoms with Gasteiger partial charge in [-0.05, 0) is 24.3 Å². The lowest BCUT2D eigenvalue weighted by Crippen LogP contribution is -2.59. The summed E-state index contributed by atoms with van der Waals surface area (Å²) in [7, 11) is 0. The van der Waals surface area contributed by atoms with E-state index in [2.05, 4.69) is 28.6 Å². The average molecular weight is 439 g/mol. The Kier molecular flexibility index (Phi) is 12.9. The van der Waals surface area contributed by atoms with Crippen LogP contribution in [0.4, 0.5) is 0 Å². The van der Waals surface area contributed by atoms with Crippen LogP contribution < -0.4 is 21.7 Å². The van der Waals surface area contributed by atoms with E-state index in [9.17, 15) is 19.2 Å². The molecule has 0 spiro atoms. The average Bonchev–Trinajstić information content (AvgIpc) is 2.64. The second kappa shape index (κ2) is 13.6. The molecular formula is C16H30N4O6S2. The molecule has 10 nitrogen and oxygen atoms in total. The number of carbonyl (C=O) groups is 4. The van der Waals surface area contributed by atoms with Crippen LogP contribution in [-0.2, 0) is 19.2 Å². The van der Waals surface area contributed by atoms with E-state index >= 15 is 0 Å². The van der Waals surface area contributed by atoms with E-state index in [-0.39, 0.29) is 11.7 Å². The molecule has 4 unspecified atom stereocenters. The molecule has 0 bridgehead atoms. The SMILES string of the molecule is CSCCC(N)C(=O)NC(C(=O)NC(CS)C(=O)NC(CO)C(=O)O)C(C)C. The lowest BCUT2D eigenvalue weighted by molar-refractivity contribution is -0.143. The number of aliphatic carboxylic acids is 1. The molecule has 12 heteroatoms. The fourth-order valence-electron chi connectivity index (χ4n) is 2.08. The van der Waals surface area contributed by atoms with Gasteiger partial charge in [0.1, 0.15) is 18.1 Å². The molecule has 3 amide bonds. The van der Waals surface area contributed by atoms with Gasteiger partial charge < -0.3 is 31.9 Å². The summed E-state index contributed by atoms with van der Waals surface area (Å²) in [6.45, 7) is 2.65. The van der Waals surface area contributed by atoms with Crippen LogP contribution in [0.15, 0.2) is 0 Å². The zero-order valence-electron chi connectivity index (χ0n) is 16.2. The lowest BCUT2D eigenvalue weighted by Gasteiger charge is -2.26. The lowest BCUT2D eigenvalue weighted by atomic mass is 10.0. The highest BCUT2D eigenvalue weighted by atomic mass is 32.2. The maximum Gasteiger partial charge on any atom is 0.328 e. The number of amides is 3. The fraction of sp³-hybridized carbons (Fsp3) is 0.750. The van der Waals surface area contributed by atoms with Crippen LogP contribution in [-0.4, -0.2) is 82.4 Å². The van der Waals surface area contributed by atoms with Crippen molar-refractivity contribution < 1.29 is 29.4 Å². The van der Waals surface area contributed by atoms with E-state index in [1.54, 1.807) is 25.6 Å². The van der Waals surface area contributed by atoms with E-state index in [4.69, 9.17) is 15.9 Å². The molecule has 0 saturated heterocycles. The Labute approximate surface area is 174 Å². The number of carbonyl (C=O) groups excluding carboxylic acids is 3. The Balaban J connectivity index is 5.02. The second-order valence-corrected chi connectivity index (χ2v) is 7.79. The van der Waals surface area contributed by atoms with Gasteiger partial charge in [-0.1, -0.05) is 13.8 Å². The minimum atomic E-state index is -1.50.